The molecule has 0 fully saturated rings. The van der Waals surface area contributed by atoms with E-state index in [2.05, 4.69) is 12.2 Å². The van der Waals surface area contributed by atoms with Gasteiger partial charge in [0.1, 0.15) is 0 Å². The third-order valence-electron chi connectivity index (χ3n) is 2.36. The van der Waals surface area contributed by atoms with Crippen molar-refractivity contribution in [2.45, 2.75) is 50.0 Å². The summed E-state index contributed by atoms with van der Waals surface area (Å²) in [5, 5.41) is 3.14. The van der Waals surface area contributed by atoms with Gasteiger partial charge < -0.3 is 5.32 Å². The third kappa shape index (κ3) is 10.3. The molecule has 148 valence electrons. The van der Waals surface area contributed by atoms with Gasteiger partial charge in [-0.2, -0.15) is 26.3 Å². The Morgan fingerprint density at radius 3 is 1.42 bits per heavy atom. The van der Waals surface area contributed by atoms with Crippen LogP contribution in [0.5, 0.6) is 0 Å². The molecule has 0 saturated carbocycles. The van der Waals surface area contributed by atoms with Crippen LogP contribution >= 0.6 is 0 Å². The lowest BCUT2D eigenvalue weighted by molar-refractivity contribution is -0.0476. The van der Waals surface area contributed by atoms with Crippen LogP contribution in [0, 0.1) is 0 Å². The Labute approximate surface area is 137 Å². The van der Waals surface area contributed by atoms with E-state index >= 15 is 0 Å². The first-order valence-corrected chi connectivity index (χ1v) is 9.64. The van der Waals surface area contributed by atoms with E-state index in [-0.39, 0.29) is 0 Å². The summed E-state index contributed by atoms with van der Waals surface area (Å²) in [6.45, 7) is 3.43. The van der Waals surface area contributed by atoms with Crippen LogP contribution in [0.25, 0.3) is 0 Å². The molecule has 0 amide bonds. The molecule has 0 aromatic heterocycles. The average molecular weight is 410 g/mol. The molecule has 0 aromatic carbocycles. The van der Waals surface area contributed by atoms with E-state index in [1.54, 1.807) is 0 Å². The van der Waals surface area contributed by atoms with Crippen LogP contribution in [0.2, 0.25) is 0 Å². The number of halogens is 6. The highest BCUT2D eigenvalue weighted by molar-refractivity contribution is 8.05. The highest BCUT2D eigenvalue weighted by Crippen LogP contribution is 2.27. The molecule has 2 N–H and O–H groups in total. The molecule has 0 unspecified atom stereocenters. The van der Waals surface area contributed by atoms with Gasteiger partial charge in [0.25, 0.3) is 0 Å². The molecule has 0 heterocycles. The maximum Gasteiger partial charge on any atom is 0.512 e. The zero-order valence-electron chi connectivity index (χ0n) is 13.0. The standard InChI is InChI=1S/C8H19N.C2HF6NO4S2/c1-3-4-5-6-7-8-9-2;3-1(4,5)14(10,11)9-15(12,13)2(6,7)8/h9H,3-8H2,1-2H3;9H. The number of hydrogen-bond donors (Lipinski definition) is 2. The van der Waals surface area contributed by atoms with Crippen molar-refractivity contribution in [1.82, 2.24) is 9.44 Å². The maximum atomic E-state index is 11.5. The first kappa shape index (κ1) is 25.6. The summed E-state index contributed by atoms with van der Waals surface area (Å²) in [5.41, 5.74) is -12.3. The summed E-state index contributed by atoms with van der Waals surface area (Å²) in [6, 6.07) is 0. The Bertz CT molecular complexity index is 495. The van der Waals surface area contributed by atoms with Crippen LogP contribution in [0.3, 0.4) is 0 Å². The van der Waals surface area contributed by atoms with Crippen LogP contribution in [0.15, 0.2) is 0 Å². The Morgan fingerprint density at radius 2 is 1.12 bits per heavy atom. The van der Waals surface area contributed by atoms with Crippen molar-refractivity contribution in [2.24, 2.45) is 0 Å². The van der Waals surface area contributed by atoms with Crippen molar-refractivity contribution < 1.29 is 43.2 Å². The Kier molecular flexibility index (Phi) is 11.1. The summed E-state index contributed by atoms with van der Waals surface area (Å²) in [4.78, 5) is 0. The molecule has 0 aliphatic rings. The van der Waals surface area contributed by atoms with Crippen LogP contribution in [-0.2, 0) is 20.0 Å². The van der Waals surface area contributed by atoms with Crippen molar-refractivity contribution in [3.8, 4) is 0 Å². The van der Waals surface area contributed by atoms with Crippen molar-refractivity contribution in [3.05, 3.63) is 0 Å². The largest absolute Gasteiger partial charge is 0.512 e. The number of unbranched alkanes of at least 4 members (excludes halogenated alkanes) is 4. The lowest BCUT2D eigenvalue weighted by Crippen LogP contribution is -2.45. The molecule has 24 heavy (non-hydrogen) atoms. The molecule has 0 bridgehead atoms. The van der Waals surface area contributed by atoms with Gasteiger partial charge in [-0.1, -0.05) is 36.7 Å². The topological polar surface area (TPSA) is 92.3 Å². The van der Waals surface area contributed by atoms with E-state index in [9.17, 15) is 43.2 Å². The predicted octanol–water partition coefficient (Wildman–Crippen LogP) is 2.45. The van der Waals surface area contributed by atoms with Gasteiger partial charge in [0.05, 0.1) is 0 Å². The second kappa shape index (κ2) is 10.4. The van der Waals surface area contributed by atoms with Crippen molar-refractivity contribution in [1.29, 1.82) is 0 Å². The Hall–Kier alpha value is -0.600. The molecule has 0 spiro atoms. The van der Waals surface area contributed by atoms with E-state index in [0.29, 0.717) is 0 Å². The summed E-state index contributed by atoms with van der Waals surface area (Å²) >= 11 is 0. The summed E-state index contributed by atoms with van der Waals surface area (Å²) in [5.74, 6) is 0. The van der Waals surface area contributed by atoms with Gasteiger partial charge in [-0.15, -0.1) is 0 Å². The SMILES string of the molecule is CCCCCCCNC.O=S(=O)(NS(=O)(=O)C(F)(F)F)C(F)(F)F. The molecule has 14 heteroatoms. The lowest BCUT2D eigenvalue weighted by atomic mass is 10.1. The van der Waals surface area contributed by atoms with Gasteiger partial charge in [-0.25, -0.2) is 16.8 Å². The first-order valence-electron chi connectivity index (χ1n) is 6.68. The van der Waals surface area contributed by atoms with Gasteiger partial charge in [-0.05, 0) is 20.0 Å². The summed E-state index contributed by atoms with van der Waals surface area (Å²) in [6.07, 6.45) is 6.91. The Morgan fingerprint density at radius 1 is 0.750 bits per heavy atom. The van der Waals surface area contributed by atoms with Crippen molar-refractivity contribution in [2.75, 3.05) is 13.6 Å². The van der Waals surface area contributed by atoms with Crippen LogP contribution < -0.4 is 9.44 Å². The quantitative estimate of drug-likeness (QED) is 0.474. The molecule has 0 radical (unpaired) electrons. The fraction of sp³-hybridized carbons (Fsp3) is 1.00. The molecule has 0 aliphatic heterocycles. The summed E-state index contributed by atoms with van der Waals surface area (Å²) < 4.78 is 108. The number of alkyl halides is 6. The number of sulfonamides is 2. The van der Waals surface area contributed by atoms with Gasteiger partial charge in [0, 0.05) is 0 Å². The molecule has 0 saturated heterocycles. The normalized spacial score (nSPS) is 13.3. The van der Waals surface area contributed by atoms with E-state index < -0.39 is 35.2 Å². The number of hydrogen-bond acceptors (Lipinski definition) is 5. The number of rotatable bonds is 8. The minimum Gasteiger partial charge on any atom is -0.320 e. The average Bonchev–Trinajstić information content (AvgIpc) is 2.35. The highest BCUT2D eigenvalue weighted by Gasteiger charge is 2.55. The first-order chi connectivity index (χ1) is 10.6. The molecule has 0 aliphatic carbocycles. The van der Waals surface area contributed by atoms with Crippen molar-refractivity contribution in [3.63, 3.8) is 0 Å². The van der Waals surface area contributed by atoms with Gasteiger partial charge in [0.2, 0.25) is 0 Å². The smallest absolute Gasteiger partial charge is 0.320 e. The van der Waals surface area contributed by atoms with E-state index in [1.807, 2.05) is 7.05 Å². The van der Waals surface area contributed by atoms with E-state index in [4.69, 9.17) is 0 Å². The van der Waals surface area contributed by atoms with Gasteiger partial charge in [-0.3, -0.25) is 0 Å². The van der Waals surface area contributed by atoms with E-state index in [0.717, 1.165) is 0 Å². The molecular formula is C10H20F6N2O4S2. The zero-order chi connectivity index (χ0) is 19.7. The monoisotopic (exact) mass is 410 g/mol. The van der Waals surface area contributed by atoms with Crippen LogP contribution in [0.1, 0.15) is 39.0 Å². The zero-order valence-corrected chi connectivity index (χ0v) is 14.6. The highest BCUT2D eigenvalue weighted by atomic mass is 32.3. The van der Waals surface area contributed by atoms with Crippen molar-refractivity contribution >= 4 is 20.0 Å². The predicted molar refractivity (Wildman–Crippen MR) is 75.8 cm³/mol. The van der Waals surface area contributed by atoms with Crippen LogP contribution in [-0.4, -0.2) is 41.4 Å². The second-order valence-electron chi connectivity index (χ2n) is 4.50. The Balaban J connectivity index is 0. The minimum absolute atomic E-state index is 0.493. The molecule has 0 aromatic rings. The third-order valence-corrected chi connectivity index (χ3v) is 5.33. The van der Waals surface area contributed by atoms with Gasteiger partial charge in [0.15, 0.2) is 0 Å². The van der Waals surface area contributed by atoms with Crippen LogP contribution in [0.4, 0.5) is 26.3 Å². The minimum atomic E-state index is -6.60. The maximum absolute atomic E-state index is 11.5. The fourth-order valence-electron chi connectivity index (χ4n) is 1.14. The van der Waals surface area contributed by atoms with E-state index in [1.165, 1.54) is 38.6 Å². The molecule has 0 rings (SSSR count). The second-order valence-corrected chi connectivity index (χ2v) is 8.11. The fourth-order valence-corrected chi connectivity index (χ4v) is 3.06. The molecule has 0 atom stereocenters. The lowest BCUT2D eigenvalue weighted by Gasteiger charge is -2.11. The molecule has 6 nitrogen and oxygen atoms in total. The van der Waals surface area contributed by atoms with Gasteiger partial charge >= 0.3 is 31.1 Å². The molecular weight excluding hydrogens is 390 g/mol. The summed E-state index contributed by atoms with van der Waals surface area (Å²) in [7, 11) is -11.2. The number of nitrogens with one attached hydrogen (secondary N) is 2.